The van der Waals surface area contributed by atoms with Crippen molar-refractivity contribution in [3.8, 4) is 6.07 Å². The Morgan fingerprint density at radius 2 is 2.25 bits per heavy atom. The summed E-state index contributed by atoms with van der Waals surface area (Å²) in [5, 5.41) is 8.89. The zero-order valence-corrected chi connectivity index (χ0v) is 14.6. The SMILES string of the molecule is C=CCC1(CCC#N)CCc2c(ccn2C(=O)OC(C)(C)C)C1=O. The van der Waals surface area contributed by atoms with Crippen LogP contribution in [0.5, 0.6) is 0 Å². The van der Waals surface area contributed by atoms with E-state index in [0.717, 1.165) is 0 Å². The van der Waals surface area contributed by atoms with Gasteiger partial charge in [-0.1, -0.05) is 6.08 Å². The zero-order chi connectivity index (χ0) is 18.0. The fraction of sp³-hybridized carbons (Fsp3) is 0.526. The topological polar surface area (TPSA) is 72.1 Å². The van der Waals surface area contributed by atoms with Gasteiger partial charge in [0.2, 0.25) is 0 Å². The Kier molecular flexibility index (Phi) is 4.98. The van der Waals surface area contributed by atoms with E-state index in [1.165, 1.54) is 4.57 Å². The van der Waals surface area contributed by atoms with E-state index in [2.05, 4.69) is 12.6 Å². The van der Waals surface area contributed by atoms with Crippen LogP contribution in [0, 0.1) is 16.7 Å². The van der Waals surface area contributed by atoms with Crippen molar-refractivity contribution in [2.45, 2.75) is 58.5 Å². The molecule has 0 N–H and O–H groups in total. The average molecular weight is 328 g/mol. The third kappa shape index (κ3) is 3.43. The van der Waals surface area contributed by atoms with E-state index in [9.17, 15) is 9.59 Å². The van der Waals surface area contributed by atoms with Gasteiger partial charge in [-0.15, -0.1) is 6.58 Å². The fourth-order valence-electron chi connectivity index (χ4n) is 3.27. The first kappa shape index (κ1) is 18.0. The predicted octanol–water partition coefficient (Wildman–Crippen LogP) is 4.27. The second kappa shape index (κ2) is 6.64. The van der Waals surface area contributed by atoms with Crippen molar-refractivity contribution >= 4 is 11.9 Å². The molecule has 128 valence electrons. The number of fused-ring (bicyclic) bond motifs is 1. The molecule has 0 fully saturated rings. The van der Waals surface area contributed by atoms with Gasteiger partial charge in [0.15, 0.2) is 5.78 Å². The van der Waals surface area contributed by atoms with Crippen LogP contribution < -0.4 is 0 Å². The summed E-state index contributed by atoms with van der Waals surface area (Å²) in [6.45, 7) is 9.18. The number of aromatic nitrogens is 1. The van der Waals surface area contributed by atoms with Crippen molar-refractivity contribution in [1.82, 2.24) is 4.57 Å². The molecular formula is C19H24N2O3. The second-order valence-electron chi connectivity index (χ2n) is 7.29. The largest absolute Gasteiger partial charge is 0.443 e. The molecule has 1 atom stereocenters. The highest BCUT2D eigenvalue weighted by Crippen LogP contribution is 2.42. The van der Waals surface area contributed by atoms with E-state index < -0.39 is 17.1 Å². The highest BCUT2D eigenvalue weighted by Gasteiger charge is 2.42. The van der Waals surface area contributed by atoms with Gasteiger partial charge >= 0.3 is 6.09 Å². The summed E-state index contributed by atoms with van der Waals surface area (Å²) in [5.41, 5.74) is 0.0921. The van der Waals surface area contributed by atoms with E-state index in [0.29, 0.717) is 43.4 Å². The van der Waals surface area contributed by atoms with Crippen LogP contribution in [0.4, 0.5) is 4.79 Å². The summed E-state index contributed by atoms with van der Waals surface area (Å²) in [4.78, 5) is 25.4. The monoisotopic (exact) mass is 328 g/mol. The number of carbonyl (C=O) groups excluding carboxylic acids is 2. The van der Waals surface area contributed by atoms with Gasteiger partial charge in [0.25, 0.3) is 0 Å². The summed E-state index contributed by atoms with van der Waals surface area (Å²) in [6, 6.07) is 3.81. The maximum absolute atomic E-state index is 13.0. The molecule has 1 aliphatic rings. The number of hydrogen-bond acceptors (Lipinski definition) is 4. The van der Waals surface area contributed by atoms with Crippen LogP contribution >= 0.6 is 0 Å². The Balaban J connectivity index is 2.34. The molecule has 5 nitrogen and oxygen atoms in total. The van der Waals surface area contributed by atoms with E-state index in [-0.39, 0.29) is 5.78 Å². The number of nitriles is 1. The van der Waals surface area contributed by atoms with Gasteiger partial charge < -0.3 is 4.74 Å². The van der Waals surface area contributed by atoms with Crippen molar-refractivity contribution < 1.29 is 14.3 Å². The number of carbonyl (C=O) groups is 2. The van der Waals surface area contributed by atoms with Gasteiger partial charge in [0.1, 0.15) is 5.60 Å². The van der Waals surface area contributed by atoms with E-state index in [1.807, 2.05) is 20.8 Å². The lowest BCUT2D eigenvalue weighted by Crippen LogP contribution is -2.37. The molecule has 1 unspecified atom stereocenters. The second-order valence-corrected chi connectivity index (χ2v) is 7.29. The molecule has 2 rings (SSSR count). The minimum atomic E-state index is -0.591. The molecule has 0 saturated carbocycles. The van der Waals surface area contributed by atoms with Crippen LogP contribution in [0.3, 0.4) is 0 Å². The van der Waals surface area contributed by atoms with E-state index >= 15 is 0 Å². The van der Waals surface area contributed by atoms with Gasteiger partial charge in [-0.25, -0.2) is 4.79 Å². The third-order valence-corrected chi connectivity index (χ3v) is 4.40. The number of Topliss-reactive ketones (excluding diaryl/α,β-unsaturated/α-hetero) is 1. The number of ketones is 1. The van der Waals surface area contributed by atoms with Crippen LogP contribution in [0.25, 0.3) is 0 Å². The summed E-state index contributed by atoms with van der Waals surface area (Å²) in [6.07, 6.45) is 5.49. The molecule has 24 heavy (non-hydrogen) atoms. The maximum atomic E-state index is 13.0. The Hall–Kier alpha value is -2.35. The lowest BCUT2D eigenvalue weighted by atomic mass is 9.67. The van der Waals surface area contributed by atoms with Gasteiger partial charge in [-0.2, -0.15) is 5.26 Å². The molecule has 1 heterocycles. The van der Waals surface area contributed by atoms with Gasteiger partial charge in [0, 0.05) is 29.3 Å². The van der Waals surface area contributed by atoms with Crippen molar-refractivity contribution in [2.24, 2.45) is 5.41 Å². The Morgan fingerprint density at radius 1 is 1.54 bits per heavy atom. The molecule has 0 aliphatic heterocycles. The smallest absolute Gasteiger partial charge is 0.418 e. The van der Waals surface area contributed by atoms with Crippen molar-refractivity contribution in [2.75, 3.05) is 0 Å². The van der Waals surface area contributed by atoms with Crippen LogP contribution in [0.1, 0.15) is 62.5 Å². The van der Waals surface area contributed by atoms with Gasteiger partial charge in [-0.3, -0.25) is 9.36 Å². The minimum absolute atomic E-state index is 0.00112. The summed E-state index contributed by atoms with van der Waals surface area (Å²) in [5.74, 6) is 0.00112. The number of hydrogen-bond donors (Lipinski definition) is 0. The van der Waals surface area contributed by atoms with Crippen molar-refractivity contribution in [3.05, 3.63) is 36.2 Å². The first-order valence-electron chi connectivity index (χ1n) is 8.20. The van der Waals surface area contributed by atoms with Crippen LogP contribution in [0.15, 0.2) is 24.9 Å². The van der Waals surface area contributed by atoms with E-state index in [1.54, 1.807) is 18.3 Å². The number of nitrogens with zero attached hydrogens (tertiary/aromatic N) is 2. The lowest BCUT2D eigenvalue weighted by molar-refractivity contribution is 0.0529. The summed E-state index contributed by atoms with van der Waals surface area (Å²) >= 11 is 0. The van der Waals surface area contributed by atoms with Crippen LogP contribution in [-0.4, -0.2) is 22.0 Å². The number of rotatable bonds is 4. The Bertz CT molecular complexity index is 703. The summed E-state index contributed by atoms with van der Waals surface area (Å²) < 4.78 is 6.83. The van der Waals surface area contributed by atoms with Gasteiger partial charge in [-0.05, 0) is 52.5 Å². The van der Waals surface area contributed by atoms with Crippen LogP contribution in [-0.2, 0) is 11.2 Å². The molecule has 0 bridgehead atoms. The quantitative estimate of drug-likeness (QED) is 0.774. The first-order valence-corrected chi connectivity index (χ1v) is 8.20. The molecule has 1 aromatic rings. The molecule has 0 spiro atoms. The zero-order valence-electron chi connectivity index (χ0n) is 14.6. The molecule has 5 heteroatoms. The van der Waals surface area contributed by atoms with E-state index in [4.69, 9.17) is 10.00 Å². The van der Waals surface area contributed by atoms with Crippen molar-refractivity contribution in [1.29, 1.82) is 5.26 Å². The Morgan fingerprint density at radius 3 is 2.83 bits per heavy atom. The van der Waals surface area contributed by atoms with Crippen molar-refractivity contribution in [3.63, 3.8) is 0 Å². The standard InChI is InChI=1S/C19H24N2O3/c1-5-9-19(10-6-12-20)11-7-15-14(16(19)22)8-13-21(15)17(23)24-18(2,3)4/h5,8,13H,1,6-7,9-11H2,2-4H3. The average Bonchev–Trinajstić information content (AvgIpc) is 2.92. The minimum Gasteiger partial charge on any atom is -0.443 e. The molecule has 0 amide bonds. The molecule has 0 saturated heterocycles. The third-order valence-electron chi connectivity index (χ3n) is 4.40. The Labute approximate surface area is 142 Å². The molecular weight excluding hydrogens is 304 g/mol. The normalized spacial score (nSPS) is 20.2. The predicted molar refractivity (Wildman–Crippen MR) is 90.8 cm³/mol. The molecule has 0 radical (unpaired) electrons. The maximum Gasteiger partial charge on any atom is 0.418 e. The first-order chi connectivity index (χ1) is 11.2. The molecule has 0 aromatic carbocycles. The summed E-state index contributed by atoms with van der Waals surface area (Å²) in [7, 11) is 0. The highest BCUT2D eigenvalue weighted by atomic mass is 16.6. The highest BCUT2D eigenvalue weighted by molar-refractivity contribution is 6.03. The van der Waals surface area contributed by atoms with Gasteiger partial charge in [0.05, 0.1) is 6.07 Å². The lowest BCUT2D eigenvalue weighted by Gasteiger charge is -2.35. The number of ether oxygens (including phenoxy) is 1. The number of allylic oxidation sites excluding steroid dienone is 1. The molecule has 1 aromatic heterocycles. The fourth-order valence-corrected chi connectivity index (χ4v) is 3.27. The van der Waals surface area contributed by atoms with Crippen LogP contribution in [0.2, 0.25) is 0 Å². The molecule has 1 aliphatic carbocycles.